The van der Waals surface area contributed by atoms with Crippen LogP contribution in [0.1, 0.15) is 54.2 Å². The van der Waals surface area contributed by atoms with E-state index in [9.17, 15) is 23.2 Å². The number of alkyl halides is 2. The van der Waals surface area contributed by atoms with E-state index in [0.717, 1.165) is 64.6 Å². The standard InChI is InChI=1S/C41H44ClF2N9O5/c1-22-24(8-7-11-27(22)45-34-31-36(48-35(47-34)33(43)44)50(2)40(56)51(3)38(31)54)25-9-6-10-26(32(25)42)28-20-23-12-13-29(30(23)37(46-28)58-5)53-17-15-41(21-53)14-16-52(18-19-57-4)39(55)49-41/h6-11,20,29,33H,12-19,21H2,1-5H3,(H,49,55)(H,45,47,48)/t29-,41-/m1/s1. The molecule has 5 aromatic rings. The lowest BCUT2D eigenvalue weighted by atomic mass is 9.92. The molecule has 304 valence electrons. The molecule has 0 radical (unpaired) electrons. The number of aryl methyl sites for hydroxylation is 2. The Morgan fingerprint density at radius 3 is 2.48 bits per heavy atom. The van der Waals surface area contributed by atoms with Gasteiger partial charge in [0.25, 0.3) is 12.0 Å². The summed E-state index contributed by atoms with van der Waals surface area (Å²) >= 11 is 7.24. The lowest BCUT2D eigenvalue weighted by Crippen LogP contribution is -2.61. The van der Waals surface area contributed by atoms with E-state index in [-0.39, 0.29) is 34.5 Å². The van der Waals surface area contributed by atoms with Crippen LogP contribution in [0.25, 0.3) is 33.4 Å². The average Bonchev–Trinajstić information content (AvgIpc) is 3.83. The molecule has 2 aliphatic heterocycles. The van der Waals surface area contributed by atoms with Crippen molar-refractivity contribution in [2.45, 2.75) is 50.6 Å². The predicted molar refractivity (Wildman–Crippen MR) is 216 cm³/mol. The molecule has 1 spiro atoms. The van der Waals surface area contributed by atoms with E-state index < -0.39 is 23.5 Å². The molecular weight excluding hydrogens is 772 g/mol. The van der Waals surface area contributed by atoms with Crippen molar-refractivity contribution in [3.05, 3.63) is 90.8 Å². The van der Waals surface area contributed by atoms with Crippen molar-refractivity contribution >= 4 is 40.2 Å². The van der Waals surface area contributed by atoms with E-state index in [2.05, 4.69) is 31.6 Å². The molecule has 2 atom stereocenters. The number of carbonyl (C=O) groups is 1. The van der Waals surface area contributed by atoms with Gasteiger partial charge in [0.05, 0.1) is 30.0 Å². The minimum absolute atomic E-state index is 0.0396. The van der Waals surface area contributed by atoms with Gasteiger partial charge in [0.1, 0.15) is 11.2 Å². The highest BCUT2D eigenvalue weighted by molar-refractivity contribution is 6.36. The first-order chi connectivity index (χ1) is 27.8. The number of benzene rings is 2. The molecule has 2 saturated heterocycles. The molecule has 2 amide bonds. The van der Waals surface area contributed by atoms with Gasteiger partial charge in [0, 0.05) is 75.8 Å². The van der Waals surface area contributed by atoms with Crippen molar-refractivity contribution < 1.29 is 23.0 Å². The van der Waals surface area contributed by atoms with Crippen molar-refractivity contribution in [3.8, 4) is 28.3 Å². The number of aromatic nitrogens is 5. The number of halogens is 3. The molecule has 3 aromatic heterocycles. The molecule has 2 fully saturated rings. The highest BCUT2D eigenvalue weighted by Gasteiger charge is 2.46. The maximum Gasteiger partial charge on any atom is 0.332 e. The molecule has 0 unspecified atom stereocenters. The van der Waals surface area contributed by atoms with Gasteiger partial charge in [-0.25, -0.2) is 33.3 Å². The third kappa shape index (κ3) is 6.75. The lowest BCUT2D eigenvalue weighted by Gasteiger charge is -2.40. The van der Waals surface area contributed by atoms with Crippen LogP contribution in [0.5, 0.6) is 5.88 Å². The molecule has 0 saturated carbocycles. The van der Waals surface area contributed by atoms with E-state index in [4.69, 9.17) is 26.1 Å². The minimum atomic E-state index is -3.05. The Kier molecular flexibility index (Phi) is 10.4. The van der Waals surface area contributed by atoms with Crippen LogP contribution >= 0.6 is 11.6 Å². The van der Waals surface area contributed by atoms with Crippen LogP contribution in [0, 0.1) is 6.92 Å². The van der Waals surface area contributed by atoms with Gasteiger partial charge >= 0.3 is 11.7 Å². The van der Waals surface area contributed by atoms with Crippen molar-refractivity contribution in [2.75, 3.05) is 52.3 Å². The number of methoxy groups -OCH3 is 2. The number of carbonyl (C=O) groups excluding carboxylic acids is 1. The Balaban J connectivity index is 1.09. The molecule has 58 heavy (non-hydrogen) atoms. The number of nitrogens with zero attached hydrogens (tertiary/aromatic N) is 7. The molecule has 14 nitrogen and oxygen atoms in total. The summed E-state index contributed by atoms with van der Waals surface area (Å²) in [5.74, 6) is -0.428. The number of likely N-dealkylation sites (tertiary alicyclic amines) is 1. The first-order valence-electron chi connectivity index (χ1n) is 19.1. The summed E-state index contributed by atoms with van der Waals surface area (Å²) in [6.07, 6.45) is 0.433. The molecule has 0 bridgehead atoms. The van der Waals surface area contributed by atoms with Crippen LogP contribution in [0.4, 0.5) is 25.1 Å². The fourth-order valence-electron chi connectivity index (χ4n) is 8.74. The second kappa shape index (κ2) is 15.4. The first kappa shape index (κ1) is 39.4. The zero-order chi connectivity index (χ0) is 41.0. The van der Waals surface area contributed by atoms with Gasteiger partial charge in [-0.3, -0.25) is 18.8 Å². The van der Waals surface area contributed by atoms with Crippen LogP contribution in [0.2, 0.25) is 5.02 Å². The fraction of sp³-hybridized carbons (Fsp3) is 0.415. The van der Waals surface area contributed by atoms with Crippen LogP contribution in [0.15, 0.2) is 52.1 Å². The topological polar surface area (TPSA) is 149 Å². The molecule has 1 aliphatic carbocycles. The Morgan fingerprint density at radius 1 is 1.00 bits per heavy atom. The van der Waals surface area contributed by atoms with Crippen molar-refractivity contribution in [3.63, 3.8) is 0 Å². The number of rotatable bonds is 10. The van der Waals surface area contributed by atoms with Gasteiger partial charge in [-0.2, -0.15) is 0 Å². The smallest absolute Gasteiger partial charge is 0.332 e. The van der Waals surface area contributed by atoms with Crippen molar-refractivity contribution in [2.24, 2.45) is 14.1 Å². The third-order valence-corrected chi connectivity index (χ3v) is 12.3. The summed E-state index contributed by atoms with van der Waals surface area (Å²) in [7, 11) is 5.93. The number of nitrogens with one attached hydrogen (secondary N) is 2. The summed E-state index contributed by atoms with van der Waals surface area (Å²) in [5.41, 5.74) is 4.32. The zero-order valence-electron chi connectivity index (χ0n) is 32.9. The Morgan fingerprint density at radius 2 is 1.74 bits per heavy atom. The average molecular weight is 816 g/mol. The molecule has 17 heteroatoms. The van der Waals surface area contributed by atoms with E-state index in [1.807, 2.05) is 36.1 Å². The normalized spacial score (nSPS) is 19.4. The number of anilines is 2. The SMILES string of the molecule is COCCN1CC[C@]2(CCN([C@@H]3CCc4cc(-c5cccc(-c6cccc(Nc7nc(C(F)F)nc8c7c(=O)n(C)c(=O)n8C)c6C)c5Cl)nc(OC)c43)C2)NC1=O. The van der Waals surface area contributed by atoms with Crippen LogP contribution < -0.4 is 26.6 Å². The summed E-state index contributed by atoms with van der Waals surface area (Å²) in [5, 5.41) is 6.76. The van der Waals surface area contributed by atoms with E-state index >= 15 is 0 Å². The van der Waals surface area contributed by atoms with E-state index in [0.29, 0.717) is 58.7 Å². The van der Waals surface area contributed by atoms with Crippen LogP contribution in [-0.2, 0) is 25.3 Å². The van der Waals surface area contributed by atoms with Gasteiger partial charge in [-0.05, 0) is 61.4 Å². The molecule has 3 aliphatic rings. The monoisotopic (exact) mass is 815 g/mol. The van der Waals surface area contributed by atoms with Crippen molar-refractivity contribution in [1.82, 2.24) is 39.2 Å². The second-order valence-corrected chi connectivity index (χ2v) is 15.6. The minimum Gasteiger partial charge on any atom is -0.481 e. The Bertz CT molecular complexity index is 2580. The maximum absolute atomic E-state index is 14.0. The summed E-state index contributed by atoms with van der Waals surface area (Å²) < 4.78 is 41.0. The largest absolute Gasteiger partial charge is 0.481 e. The zero-order valence-corrected chi connectivity index (χ0v) is 33.6. The number of pyridine rings is 1. The van der Waals surface area contributed by atoms with Gasteiger partial charge < -0.3 is 25.0 Å². The number of urea groups is 1. The quantitative estimate of drug-likeness (QED) is 0.175. The van der Waals surface area contributed by atoms with E-state index in [1.54, 1.807) is 26.4 Å². The third-order valence-electron chi connectivity index (χ3n) is 11.9. The summed E-state index contributed by atoms with van der Waals surface area (Å²) in [4.78, 5) is 56.1. The summed E-state index contributed by atoms with van der Waals surface area (Å²) in [6.45, 7) is 5.23. The van der Waals surface area contributed by atoms with Crippen LogP contribution in [0.3, 0.4) is 0 Å². The Labute approximate surface area is 337 Å². The highest BCUT2D eigenvalue weighted by atomic mass is 35.5. The maximum atomic E-state index is 14.0. The molecule has 2 N–H and O–H groups in total. The van der Waals surface area contributed by atoms with Gasteiger partial charge in [-0.15, -0.1) is 0 Å². The van der Waals surface area contributed by atoms with Crippen LogP contribution in [-0.4, -0.2) is 92.5 Å². The number of hydrogen-bond donors (Lipinski definition) is 2. The predicted octanol–water partition coefficient (Wildman–Crippen LogP) is 5.90. The van der Waals surface area contributed by atoms with Gasteiger partial charge in [-0.1, -0.05) is 41.9 Å². The number of ether oxygens (including phenoxy) is 2. The van der Waals surface area contributed by atoms with Gasteiger partial charge in [0.2, 0.25) is 5.88 Å². The highest BCUT2D eigenvalue weighted by Crippen LogP contribution is 2.47. The molecule has 8 rings (SSSR count). The summed E-state index contributed by atoms with van der Waals surface area (Å²) in [6, 6.07) is 13.3. The second-order valence-electron chi connectivity index (χ2n) is 15.2. The Hall–Kier alpha value is -5.45. The fourth-order valence-corrected chi connectivity index (χ4v) is 9.07. The van der Waals surface area contributed by atoms with E-state index in [1.165, 1.54) is 14.1 Å². The van der Waals surface area contributed by atoms with Crippen molar-refractivity contribution in [1.29, 1.82) is 0 Å². The lowest BCUT2D eigenvalue weighted by molar-refractivity contribution is 0.114. The number of hydrogen-bond acceptors (Lipinski definition) is 10. The number of amides is 2. The van der Waals surface area contributed by atoms with Gasteiger partial charge in [0.15, 0.2) is 11.5 Å². The molecular formula is C41H44ClF2N9O5. The number of fused-ring (bicyclic) bond motifs is 2. The first-order valence-corrected chi connectivity index (χ1v) is 19.5. The molecule has 2 aromatic carbocycles. The molecule has 5 heterocycles.